The van der Waals surface area contributed by atoms with Gasteiger partial charge in [0, 0.05) is 37.6 Å². The van der Waals surface area contributed by atoms with Gasteiger partial charge in [-0.25, -0.2) is 10.2 Å². The van der Waals surface area contributed by atoms with E-state index in [0.29, 0.717) is 53.3 Å². The van der Waals surface area contributed by atoms with Crippen molar-refractivity contribution in [1.29, 1.82) is 0 Å². The quantitative estimate of drug-likeness (QED) is 0.252. The van der Waals surface area contributed by atoms with Crippen LogP contribution in [0.2, 0.25) is 0 Å². The first-order valence-electron chi connectivity index (χ1n) is 12.5. The number of rotatable bonds is 9. The van der Waals surface area contributed by atoms with Crippen LogP contribution in [-0.2, 0) is 11.2 Å². The molecule has 0 bridgehead atoms. The van der Waals surface area contributed by atoms with Crippen LogP contribution in [0.3, 0.4) is 0 Å². The maximum Gasteiger partial charge on any atom is 0.247 e. The summed E-state index contributed by atoms with van der Waals surface area (Å²) in [5.74, 6) is 3.04. The van der Waals surface area contributed by atoms with E-state index in [9.17, 15) is 10.0 Å². The second-order valence-corrected chi connectivity index (χ2v) is 10.00. The summed E-state index contributed by atoms with van der Waals surface area (Å²) >= 11 is 0. The van der Waals surface area contributed by atoms with E-state index in [4.69, 9.17) is 9.62 Å². The predicted octanol–water partition coefficient (Wildman–Crippen LogP) is 4.00. The zero-order valence-electron chi connectivity index (χ0n) is 21.6. The molecule has 1 aliphatic rings. The number of carbonyl (C=O) groups excluding carboxylic acids is 1. The molecule has 1 aliphatic carbocycles. The normalized spacial score (nSPS) is 20.4. The standard InChI is InChI=1S/C27H34N6O4/c1-16(2)24-12-20(13-26-31-32-27(37-26)19-5-8-23(9-6-19)33(35)36)17(3)11-21(24)14-28-22-7-10-25(29-15-22)30-18(4)34/h5-11,15-16,20-21,24,28,33,35H,12-14H2,1-4H3,(H,29,30,34)/t20-,21-,24-/m0/s1. The predicted molar refractivity (Wildman–Crippen MR) is 140 cm³/mol. The molecule has 0 aliphatic heterocycles. The minimum absolute atomic E-state index is 0.142. The fourth-order valence-electron chi connectivity index (χ4n) is 4.92. The van der Waals surface area contributed by atoms with Gasteiger partial charge in [0.2, 0.25) is 17.7 Å². The number of benzene rings is 1. The highest BCUT2D eigenvalue weighted by molar-refractivity contribution is 5.87. The van der Waals surface area contributed by atoms with Gasteiger partial charge < -0.3 is 20.3 Å². The van der Waals surface area contributed by atoms with E-state index in [2.05, 4.69) is 52.7 Å². The maximum atomic E-state index is 11.2. The molecule has 10 nitrogen and oxygen atoms in total. The minimum Gasteiger partial charge on any atom is -0.595 e. The summed E-state index contributed by atoms with van der Waals surface area (Å²) in [6.07, 6.45) is 5.80. The second-order valence-electron chi connectivity index (χ2n) is 10.00. The Kier molecular flexibility index (Phi) is 8.32. The number of nitrogens with one attached hydrogen (secondary N) is 3. The first-order chi connectivity index (χ1) is 17.7. The van der Waals surface area contributed by atoms with E-state index in [1.54, 1.807) is 24.4 Å². The molecule has 0 radical (unpaired) electrons. The fourth-order valence-corrected chi connectivity index (χ4v) is 4.92. The first-order valence-corrected chi connectivity index (χ1v) is 12.5. The van der Waals surface area contributed by atoms with Gasteiger partial charge in [-0.1, -0.05) is 25.5 Å². The van der Waals surface area contributed by atoms with Gasteiger partial charge in [0.1, 0.15) is 5.82 Å². The van der Waals surface area contributed by atoms with Crippen molar-refractivity contribution in [2.75, 3.05) is 17.2 Å². The number of hydrogen-bond donors (Lipinski definition) is 4. The molecule has 0 spiro atoms. The van der Waals surface area contributed by atoms with Gasteiger partial charge >= 0.3 is 0 Å². The Morgan fingerprint density at radius 1 is 1.22 bits per heavy atom. The summed E-state index contributed by atoms with van der Waals surface area (Å²) in [5.41, 5.74) is 3.15. The number of pyridine rings is 1. The molecule has 0 fully saturated rings. The van der Waals surface area contributed by atoms with Crippen LogP contribution < -0.4 is 15.9 Å². The van der Waals surface area contributed by atoms with Crippen LogP contribution in [0.1, 0.15) is 40.0 Å². The molecule has 196 valence electrons. The molecule has 0 saturated heterocycles. The molecule has 4 N–H and O–H groups in total. The zero-order chi connectivity index (χ0) is 26.5. The summed E-state index contributed by atoms with van der Waals surface area (Å²) in [7, 11) is 0. The summed E-state index contributed by atoms with van der Waals surface area (Å²) in [6, 6.07) is 10.1. The number of hydrogen-bond acceptors (Lipinski definition) is 8. The van der Waals surface area contributed by atoms with Crippen molar-refractivity contribution in [3.63, 3.8) is 0 Å². The molecule has 37 heavy (non-hydrogen) atoms. The summed E-state index contributed by atoms with van der Waals surface area (Å²) < 4.78 is 5.94. The molecule has 1 amide bonds. The Morgan fingerprint density at radius 3 is 2.59 bits per heavy atom. The molecule has 4 atom stereocenters. The van der Waals surface area contributed by atoms with Crippen LogP contribution >= 0.6 is 0 Å². The molecule has 4 rings (SSSR count). The lowest BCUT2D eigenvalue weighted by atomic mass is 9.70. The average Bonchev–Trinajstić information content (AvgIpc) is 3.33. The highest BCUT2D eigenvalue weighted by Crippen LogP contribution is 2.39. The Labute approximate surface area is 216 Å². The van der Waals surface area contributed by atoms with Crippen LogP contribution in [0.15, 0.2) is 58.7 Å². The molecule has 2 heterocycles. The van der Waals surface area contributed by atoms with E-state index in [0.717, 1.165) is 18.7 Å². The third kappa shape index (κ3) is 6.79. The molecular weight excluding hydrogens is 472 g/mol. The van der Waals surface area contributed by atoms with Gasteiger partial charge in [-0.05, 0) is 61.3 Å². The number of nitrogens with zero attached hydrogens (tertiary/aromatic N) is 3. The Morgan fingerprint density at radius 2 is 1.97 bits per heavy atom. The van der Waals surface area contributed by atoms with Crippen LogP contribution in [0, 0.1) is 28.9 Å². The van der Waals surface area contributed by atoms with Gasteiger partial charge in [0.15, 0.2) is 5.69 Å². The van der Waals surface area contributed by atoms with Crippen molar-refractivity contribution in [1.82, 2.24) is 15.2 Å². The van der Waals surface area contributed by atoms with E-state index < -0.39 is 5.23 Å². The van der Waals surface area contributed by atoms with Crippen molar-refractivity contribution in [3.8, 4) is 11.5 Å². The molecule has 1 unspecified atom stereocenters. The average molecular weight is 507 g/mol. The third-order valence-corrected chi connectivity index (χ3v) is 6.96. The molecule has 2 aromatic heterocycles. The van der Waals surface area contributed by atoms with Crippen molar-refractivity contribution in [2.45, 2.75) is 40.5 Å². The fraction of sp³-hybridized carbons (Fsp3) is 0.407. The van der Waals surface area contributed by atoms with Gasteiger partial charge in [-0.15, -0.1) is 10.2 Å². The van der Waals surface area contributed by atoms with Crippen molar-refractivity contribution in [2.24, 2.45) is 23.7 Å². The Balaban J connectivity index is 1.40. The van der Waals surface area contributed by atoms with Gasteiger partial charge in [-0.2, -0.15) is 5.23 Å². The van der Waals surface area contributed by atoms with Crippen LogP contribution in [0.25, 0.3) is 11.5 Å². The van der Waals surface area contributed by atoms with Gasteiger partial charge in [0.05, 0.1) is 11.9 Å². The Hall–Kier alpha value is -3.60. The van der Waals surface area contributed by atoms with E-state index in [1.807, 2.05) is 6.07 Å². The summed E-state index contributed by atoms with van der Waals surface area (Å²) in [4.78, 5) is 15.5. The lowest BCUT2D eigenvalue weighted by molar-refractivity contribution is -0.991. The van der Waals surface area contributed by atoms with Crippen molar-refractivity contribution >= 4 is 23.1 Å². The number of carbonyl (C=O) groups is 1. The monoisotopic (exact) mass is 506 g/mol. The zero-order valence-corrected chi connectivity index (χ0v) is 21.6. The maximum absolute atomic E-state index is 11.2. The van der Waals surface area contributed by atoms with Crippen molar-refractivity contribution < 1.29 is 19.6 Å². The topological polar surface area (TPSA) is 141 Å². The molecular formula is C27H34N6O4. The van der Waals surface area contributed by atoms with E-state index in [1.165, 1.54) is 24.6 Å². The lowest BCUT2D eigenvalue weighted by Gasteiger charge is -2.37. The number of quaternary nitrogens is 1. The number of aromatic nitrogens is 3. The smallest absolute Gasteiger partial charge is 0.247 e. The highest BCUT2D eigenvalue weighted by Gasteiger charge is 2.32. The highest BCUT2D eigenvalue weighted by atomic mass is 16.8. The number of anilines is 2. The molecule has 0 saturated carbocycles. The summed E-state index contributed by atoms with van der Waals surface area (Å²) in [5, 5.41) is 33.8. The first kappa shape index (κ1) is 26.5. The van der Waals surface area contributed by atoms with Crippen LogP contribution in [0.4, 0.5) is 17.2 Å². The molecule has 3 aromatic rings. The summed E-state index contributed by atoms with van der Waals surface area (Å²) in [6.45, 7) is 8.95. The molecule has 10 heteroatoms. The largest absolute Gasteiger partial charge is 0.595 e. The second kappa shape index (κ2) is 11.6. The Bertz CT molecular complexity index is 1220. The minimum atomic E-state index is -0.970. The van der Waals surface area contributed by atoms with Gasteiger partial charge in [0.25, 0.3) is 0 Å². The lowest BCUT2D eigenvalue weighted by Crippen LogP contribution is -2.99. The van der Waals surface area contributed by atoms with Gasteiger partial charge in [-0.3, -0.25) is 4.79 Å². The third-order valence-electron chi connectivity index (χ3n) is 6.96. The van der Waals surface area contributed by atoms with Crippen LogP contribution in [-0.4, -0.2) is 32.8 Å². The van der Waals surface area contributed by atoms with E-state index >= 15 is 0 Å². The van der Waals surface area contributed by atoms with Crippen LogP contribution in [0.5, 0.6) is 0 Å². The SMILES string of the molecule is CC(=O)Nc1ccc(NC[C@@H]2C=C(C)[C@H](Cc3nnc(-c4ccc([NH+]([O-])O)cc4)o3)C[C@H]2C(C)C)cn1. The number of allylic oxidation sites excluding steroid dienone is 1. The van der Waals surface area contributed by atoms with Crippen molar-refractivity contribution in [3.05, 3.63) is 65.3 Å². The molecule has 1 aromatic carbocycles. The van der Waals surface area contributed by atoms with E-state index in [-0.39, 0.29) is 11.6 Å². The number of amides is 1.